The molecule has 3 heteroatoms. The Kier molecular flexibility index (Phi) is 3.31. The van der Waals surface area contributed by atoms with Gasteiger partial charge in [0.15, 0.2) is 0 Å². The molecule has 1 aromatic carbocycles. The second-order valence-electron chi connectivity index (χ2n) is 3.13. The van der Waals surface area contributed by atoms with Crippen molar-refractivity contribution >= 4 is 23.1 Å². The van der Waals surface area contributed by atoms with Gasteiger partial charge in [-0.15, -0.1) is 0 Å². The summed E-state index contributed by atoms with van der Waals surface area (Å²) >= 11 is 5.86. The minimum absolute atomic E-state index is 0.692. The zero-order valence-electron chi connectivity index (χ0n) is 8.04. The zero-order chi connectivity index (χ0) is 10.7. The highest BCUT2D eigenvalue weighted by atomic mass is 35.5. The molecule has 0 radical (unpaired) electrons. The third-order valence-corrected chi connectivity index (χ3v) is 2.38. The second kappa shape index (κ2) is 4.29. The first kappa shape index (κ1) is 10.8. The normalized spacial score (nSPS) is 11.5. The van der Waals surface area contributed by atoms with E-state index in [2.05, 4.69) is 0 Å². The average Bonchev–Trinajstić information content (AvgIpc) is 2.08. The molecule has 0 heterocycles. The van der Waals surface area contributed by atoms with Crippen LogP contribution in [0.2, 0.25) is 5.02 Å². The summed E-state index contributed by atoms with van der Waals surface area (Å²) in [5.74, 6) is -0.935. The average molecular weight is 211 g/mol. The first-order valence-corrected chi connectivity index (χ1v) is 4.56. The van der Waals surface area contributed by atoms with Crippen molar-refractivity contribution in [1.29, 1.82) is 0 Å². The Morgan fingerprint density at radius 2 is 2.14 bits per heavy atom. The summed E-state index contributed by atoms with van der Waals surface area (Å²) in [6, 6.07) is 5.45. The summed E-state index contributed by atoms with van der Waals surface area (Å²) in [6.45, 7) is 3.65. The van der Waals surface area contributed by atoms with Gasteiger partial charge in [0, 0.05) is 11.1 Å². The molecule has 0 aliphatic rings. The SMILES string of the molecule is CC(=CC(=O)O)c1ccc(Cl)c(C)c1. The van der Waals surface area contributed by atoms with Gasteiger partial charge in [-0.3, -0.25) is 0 Å². The fraction of sp³-hybridized carbons (Fsp3) is 0.182. The third kappa shape index (κ3) is 2.60. The van der Waals surface area contributed by atoms with E-state index in [-0.39, 0.29) is 0 Å². The largest absolute Gasteiger partial charge is 0.478 e. The van der Waals surface area contributed by atoms with Gasteiger partial charge in [0.05, 0.1) is 0 Å². The van der Waals surface area contributed by atoms with E-state index in [9.17, 15) is 4.79 Å². The highest BCUT2D eigenvalue weighted by molar-refractivity contribution is 6.31. The molecule has 2 nitrogen and oxygen atoms in total. The fourth-order valence-electron chi connectivity index (χ4n) is 1.16. The van der Waals surface area contributed by atoms with E-state index in [0.29, 0.717) is 5.02 Å². The van der Waals surface area contributed by atoms with Gasteiger partial charge in [-0.05, 0) is 36.6 Å². The first-order valence-electron chi connectivity index (χ1n) is 4.18. The number of aryl methyl sites for hydroxylation is 1. The summed E-state index contributed by atoms with van der Waals surface area (Å²) in [5.41, 5.74) is 2.55. The number of carboxylic acids is 1. The Morgan fingerprint density at radius 1 is 1.50 bits per heavy atom. The van der Waals surface area contributed by atoms with Crippen molar-refractivity contribution in [2.75, 3.05) is 0 Å². The van der Waals surface area contributed by atoms with E-state index < -0.39 is 5.97 Å². The van der Waals surface area contributed by atoms with Crippen molar-refractivity contribution in [3.05, 3.63) is 40.4 Å². The van der Waals surface area contributed by atoms with Crippen molar-refractivity contribution in [3.8, 4) is 0 Å². The molecule has 0 saturated heterocycles. The molecule has 0 unspecified atom stereocenters. The van der Waals surface area contributed by atoms with Gasteiger partial charge < -0.3 is 5.11 Å². The topological polar surface area (TPSA) is 37.3 Å². The fourth-order valence-corrected chi connectivity index (χ4v) is 1.28. The van der Waals surface area contributed by atoms with Crippen LogP contribution in [0.4, 0.5) is 0 Å². The lowest BCUT2D eigenvalue weighted by Gasteiger charge is -2.03. The van der Waals surface area contributed by atoms with Gasteiger partial charge in [0.2, 0.25) is 0 Å². The Bertz CT molecular complexity index is 394. The molecule has 1 rings (SSSR count). The predicted molar refractivity (Wildman–Crippen MR) is 57.5 cm³/mol. The first-order chi connectivity index (χ1) is 6.50. The van der Waals surface area contributed by atoms with Gasteiger partial charge in [-0.2, -0.15) is 0 Å². The highest BCUT2D eigenvalue weighted by Gasteiger charge is 2.01. The second-order valence-corrected chi connectivity index (χ2v) is 3.54. The number of halogens is 1. The Hall–Kier alpha value is -1.28. The summed E-state index contributed by atoms with van der Waals surface area (Å²) in [5, 5.41) is 9.26. The molecule has 0 bridgehead atoms. The molecule has 1 N–H and O–H groups in total. The predicted octanol–water partition coefficient (Wildman–Crippen LogP) is 3.14. The van der Waals surface area contributed by atoms with Gasteiger partial charge in [0.25, 0.3) is 0 Å². The molecule has 74 valence electrons. The zero-order valence-corrected chi connectivity index (χ0v) is 8.80. The Labute approximate surface area is 87.8 Å². The molecule has 0 aliphatic carbocycles. The molecule has 0 saturated carbocycles. The molecular weight excluding hydrogens is 200 g/mol. The lowest BCUT2D eigenvalue weighted by Crippen LogP contribution is -1.90. The monoisotopic (exact) mass is 210 g/mol. The van der Waals surface area contributed by atoms with Crippen LogP contribution in [0, 0.1) is 6.92 Å². The van der Waals surface area contributed by atoms with E-state index in [4.69, 9.17) is 16.7 Å². The molecule has 1 aromatic rings. The van der Waals surface area contributed by atoms with E-state index in [0.717, 1.165) is 16.7 Å². The van der Waals surface area contributed by atoms with Crippen LogP contribution in [0.15, 0.2) is 24.3 Å². The lowest BCUT2D eigenvalue weighted by atomic mass is 10.0. The lowest BCUT2D eigenvalue weighted by molar-refractivity contribution is -0.131. The number of carbonyl (C=O) groups is 1. The Morgan fingerprint density at radius 3 is 2.64 bits per heavy atom. The number of hydrogen-bond acceptors (Lipinski definition) is 1. The van der Waals surface area contributed by atoms with Gasteiger partial charge >= 0.3 is 5.97 Å². The smallest absolute Gasteiger partial charge is 0.328 e. The molecule has 0 fully saturated rings. The van der Waals surface area contributed by atoms with E-state index in [1.165, 1.54) is 6.08 Å². The Balaban J connectivity index is 3.09. The van der Waals surface area contributed by atoms with E-state index >= 15 is 0 Å². The van der Waals surface area contributed by atoms with Crippen molar-refractivity contribution in [2.24, 2.45) is 0 Å². The summed E-state index contributed by atoms with van der Waals surface area (Å²) in [6.07, 6.45) is 1.18. The highest BCUT2D eigenvalue weighted by Crippen LogP contribution is 2.21. The molecule has 0 amide bonds. The van der Waals surface area contributed by atoms with Gasteiger partial charge in [-0.25, -0.2) is 4.79 Å². The van der Waals surface area contributed by atoms with Gasteiger partial charge in [0.1, 0.15) is 0 Å². The maximum Gasteiger partial charge on any atom is 0.328 e. The number of hydrogen-bond donors (Lipinski definition) is 1. The number of aliphatic carboxylic acids is 1. The number of benzene rings is 1. The standard InChI is InChI=1S/C11H11ClO2/c1-7(6-11(13)14)9-3-4-10(12)8(2)5-9/h3-6H,1-2H3,(H,13,14). The quantitative estimate of drug-likeness (QED) is 0.762. The molecular formula is C11H11ClO2. The van der Waals surface area contributed by atoms with Gasteiger partial charge in [-0.1, -0.05) is 23.7 Å². The summed E-state index contributed by atoms with van der Waals surface area (Å²) in [4.78, 5) is 10.4. The van der Waals surface area contributed by atoms with Crippen LogP contribution in [0.25, 0.3) is 5.57 Å². The van der Waals surface area contributed by atoms with Crippen LogP contribution >= 0.6 is 11.6 Å². The van der Waals surface area contributed by atoms with Crippen molar-refractivity contribution in [2.45, 2.75) is 13.8 Å². The maximum atomic E-state index is 10.4. The number of allylic oxidation sites excluding steroid dienone is 1. The number of rotatable bonds is 2. The van der Waals surface area contributed by atoms with E-state index in [1.54, 1.807) is 13.0 Å². The summed E-state index contributed by atoms with van der Waals surface area (Å²) in [7, 11) is 0. The molecule has 14 heavy (non-hydrogen) atoms. The van der Waals surface area contributed by atoms with Crippen LogP contribution < -0.4 is 0 Å². The third-order valence-electron chi connectivity index (χ3n) is 1.95. The van der Waals surface area contributed by atoms with Crippen LogP contribution in [-0.2, 0) is 4.79 Å². The van der Waals surface area contributed by atoms with Crippen molar-refractivity contribution in [1.82, 2.24) is 0 Å². The summed E-state index contributed by atoms with van der Waals surface area (Å²) < 4.78 is 0. The van der Waals surface area contributed by atoms with E-state index in [1.807, 2.05) is 19.1 Å². The molecule has 0 atom stereocenters. The maximum absolute atomic E-state index is 10.4. The van der Waals surface area contributed by atoms with Crippen LogP contribution in [-0.4, -0.2) is 11.1 Å². The van der Waals surface area contributed by atoms with Crippen LogP contribution in [0.1, 0.15) is 18.1 Å². The number of carboxylic acid groups (broad SMARTS) is 1. The van der Waals surface area contributed by atoms with Crippen LogP contribution in [0.3, 0.4) is 0 Å². The van der Waals surface area contributed by atoms with Crippen molar-refractivity contribution < 1.29 is 9.90 Å². The van der Waals surface area contributed by atoms with Crippen molar-refractivity contribution in [3.63, 3.8) is 0 Å². The molecule has 0 aromatic heterocycles. The molecule has 0 aliphatic heterocycles. The van der Waals surface area contributed by atoms with Crippen LogP contribution in [0.5, 0.6) is 0 Å². The minimum atomic E-state index is -0.935. The molecule has 0 spiro atoms. The minimum Gasteiger partial charge on any atom is -0.478 e.